The molecule has 0 aliphatic rings. The number of hydrogen-bond donors (Lipinski definition) is 0. The molecule has 22 heavy (non-hydrogen) atoms. The monoisotopic (exact) mass is 345 g/mol. The van der Waals surface area contributed by atoms with Crippen molar-refractivity contribution in [3.8, 4) is 0 Å². The summed E-state index contributed by atoms with van der Waals surface area (Å²) in [6.45, 7) is 0. The van der Waals surface area contributed by atoms with Crippen molar-refractivity contribution in [3.63, 3.8) is 0 Å². The molecule has 0 amide bonds. The van der Waals surface area contributed by atoms with Gasteiger partial charge in [0.2, 0.25) is 0 Å². The van der Waals surface area contributed by atoms with E-state index in [1.165, 1.54) is 0 Å². The minimum Gasteiger partial charge on any atom is -0.195 e. The van der Waals surface area contributed by atoms with Gasteiger partial charge in [-0.3, -0.25) is 0 Å². The predicted octanol–water partition coefficient (Wildman–Crippen LogP) is 5.05. The lowest BCUT2D eigenvalue weighted by Gasteiger charge is -2.43. The van der Waals surface area contributed by atoms with Gasteiger partial charge in [0.15, 0.2) is 0 Å². The molecule has 1 aromatic carbocycles. The Hall–Kier alpha value is -1.55. The van der Waals surface area contributed by atoms with Crippen LogP contribution in [0.3, 0.4) is 0 Å². The third-order valence-electron chi connectivity index (χ3n) is 2.82. The van der Waals surface area contributed by atoms with E-state index in [9.17, 15) is 48.3 Å². The lowest BCUT2D eigenvalue weighted by Crippen LogP contribution is -2.69. The van der Waals surface area contributed by atoms with Gasteiger partial charge in [0.25, 0.3) is 5.41 Å². The molecule has 0 fully saturated rings. The van der Waals surface area contributed by atoms with Gasteiger partial charge in [-0.2, -0.15) is 48.3 Å². The van der Waals surface area contributed by atoms with Crippen LogP contribution in [0.1, 0.15) is 5.56 Å². The van der Waals surface area contributed by atoms with Crippen molar-refractivity contribution in [1.29, 1.82) is 0 Å². The Morgan fingerprint density at radius 3 is 1.41 bits per heavy atom. The van der Waals surface area contributed by atoms with Crippen LogP contribution >= 0.6 is 0 Å². The van der Waals surface area contributed by atoms with Gasteiger partial charge in [0.05, 0.1) is 0 Å². The van der Waals surface area contributed by atoms with Crippen molar-refractivity contribution in [3.05, 3.63) is 35.9 Å². The largest absolute Gasteiger partial charge is 0.455 e. The molecule has 0 nitrogen and oxygen atoms in total. The van der Waals surface area contributed by atoms with E-state index in [2.05, 4.69) is 0 Å². The highest BCUT2D eigenvalue weighted by molar-refractivity contribution is 5.34. The van der Waals surface area contributed by atoms with Crippen LogP contribution in [-0.2, 0) is 5.41 Å². The molecule has 0 aliphatic heterocycles. The van der Waals surface area contributed by atoms with Crippen LogP contribution in [0.15, 0.2) is 24.3 Å². The van der Waals surface area contributed by atoms with Crippen molar-refractivity contribution >= 4 is 0 Å². The lowest BCUT2D eigenvalue weighted by atomic mass is 9.72. The number of benzene rings is 1. The van der Waals surface area contributed by atoms with E-state index in [1.807, 2.05) is 0 Å². The van der Waals surface area contributed by atoms with Gasteiger partial charge < -0.3 is 0 Å². The smallest absolute Gasteiger partial charge is 0.195 e. The molecule has 0 saturated carbocycles. The van der Waals surface area contributed by atoms with Crippen molar-refractivity contribution < 1.29 is 48.3 Å². The van der Waals surface area contributed by atoms with Gasteiger partial charge in [-0.1, -0.05) is 18.2 Å². The minimum absolute atomic E-state index is 0.114. The molecule has 0 spiro atoms. The normalized spacial score (nSPS) is 15.0. The minimum atomic E-state index is -7.15. The lowest BCUT2D eigenvalue weighted by molar-refractivity contribution is -0.414. The fourth-order valence-corrected chi connectivity index (χ4v) is 1.86. The van der Waals surface area contributed by atoms with Crippen molar-refractivity contribution in [2.45, 2.75) is 29.9 Å². The first-order valence-corrected chi connectivity index (χ1v) is 5.15. The average molecular weight is 345 g/mol. The summed E-state index contributed by atoms with van der Waals surface area (Å²) in [4.78, 5) is 0. The van der Waals surface area contributed by atoms with E-state index in [0.29, 0.717) is 6.07 Å². The Morgan fingerprint density at radius 2 is 1.14 bits per heavy atom. The standard InChI is InChI=1S/C11H4F11/c12-8(13,11(20,21)22)7(9(14,15)16,10(17,18)19)6-4-2-1-3-5-6/h1-2,4-5H. The second kappa shape index (κ2) is 4.98. The maximum atomic E-state index is 13.3. The molecule has 1 rings (SSSR count). The third kappa shape index (κ3) is 2.39. The molecule has 0 aromatic heterocycles. The molecular formula is C11H4F11. The maximum Gasteiger partial charge on any atom is 0.455 e. The van der Waals surface area contributed by atoms with E-state index in [0.717, 1.165) is 6.07 Å². The molecule has 0 unspecified atom stereocenters. The van der Waals surface area contributed by atoms with Crippen LogP contribution < -0.4 is 0 Å². The first-order valence-electron chi connectivity index (χ1n) is 5.15. The summed E-state index contributed by atoms with van der Waals surface area (Å²) in [7, 11) is 0. The summed E-state index contributed by atoms with van der Waals surface area (Å²) in [5.74, 6) is -7.15. The van der Waals surface area contributed by atoms with E-state index in [-0.39, 0.29) is 12.1 Å². The van der Waals surface area contributed by atoms with Gasteiger partial charge in [0.1, 0.15) is 0 Å². The highest BCUT2D eigenvalue weighted by Crippen LogP contribution is 2.63. The molecule has 0 N–H and O–H groups in total. The highest BCUT2D eigenvalue weighted by atomic mass is 19.4. The molecule has 1 aromatic rings. The van der Waals surface area contributed by atoms with Crippen molar-refractivity contribution in [1.82, 2.24) is 0 Å². The van der Waals surface area contributed by atoms with Crippen LogP contribution in [0.2, 0.25) is 0 Å². The first-order chi connectivity index (χ1) is 9.61. The molecule has 0 heterocycles. The van der Waals surface area contributed by atoms with Gasteiger partial charge in [0, 0.05) is 0 Å². The Kier molecular flexibility index (Phi) is 4.19. The fourth-order valence-electron chi connectivity index (χ4n) is 1.86. The zero-order valence-corrected chi connectivity index (χ0v) is 9.97. The summed E-state index contributed by atoms with van der Waals surface area (Å²) in [5, 5.41) is 0. The fraction of sp³-hybridized carbons (Fsp3) is 0.455. The van der Waals surface area contributed by atoms with Crippen LogP contribution in [0.5, 0.6) is 0 Å². The molecular weight excluding hydrogens is 341 g/mol. The summed E-state index contributed by atoms with van der Waals surface area (Å²) in [5.41, 5.74) is -8.75. The van der Waals surface area contributed by atoms with E-state index < -0.39 is 35.4 Å². The quantitative estimate of drug-likeness (QED) is 0.659. The molecule has 1 radical (unpaired) electrons. The molecule has 0 bridgehead atoms. The molecule has 0 atom stereocenters. The number of halogens is 11. The summed E-state index contributed by atoms with van der Waals surface area (Å²) in [6.07, 6.45) is -21.0. The number of alkyl halides is 11. The van der Waals surface area contributed by atoms with Crippen molar-refractivity contribution in [2.24, 2.45) is 0 Å². The second-order valence-electron chi connectivity index (χ2n) is 4.11. The Balaban J connectivity index is 3.95. The first kappa shape index (κ1) is 18.5. The Morgan fingerprint density at radius 1 is 0.682 bits per heavy atom. The van der Waals surface area contributed by atoms with Crippen LogP contribution in [0.25, 0.3) is 0 Å². The average Bonchev–Trinajstić information content (AvgIpc) is 2.24. The van der Waals surface area contributed by atoms with Crippen LogP contribution in [-0.4, -0.2) is 24.5 Å². The van der Waals surface area contributed by atoms with Crippen molar-refractivity contribution in [2.75, 3.05) is 0 Å². The Bertz CT molecular complexity index is 492. The zero-order valence-electron chi connectivity index (χ0n) is 9.97. The third-order valence-corrected chi connectivity index (χ3v) is 2.82. The summed E-state index contributed by atoms with van der Waals surface area (Å²) >= 11 is 0. The molecule has 0 aliphatic carbocycles. The maximum absolute atomic E-state index is 13.3. The molecule has 0 saturated heterocycles. The van der Waals surface area contributed by atoms with E-state index in [4.69, 9.17) is 0 Å². The zero-order chi connectivity index (χ0) is 17.6. The van der Waals surface area contributed by atoms with Crippen LogP contribution in [0.4, 0.5) is 48.3 Å². The summed E-state index contributed by atoms with van der Waals surface area (Å²) < 4.78 is 141. The summed E-state index contributed by atoms with van der Waals surface area (Å²) in [6, 6.07) is 2.49. The molecule has 125 valence electrons. The van der Waals surface area contributed by atoms with Gasteiger partial charge in [-0.05, 0) is 17.7 Å². The SMILES string of the molecule is FC(F)(F)C(F)(F)C(c1c[c]ccc1)(C(F)(F)F)C(F)(F)F. The van der Waals surface area contributed by atoms with Gasteiger partial charge >= 0.3 is 24.5 Å². The van der Waals surface area contributed by atoms with Gasteiger partial charge in [-0.25, -0.2) is 0 Å². The highest BCUT2D eigenvalue weighted by Gasteiger charge is 2.89. The van der Waals surface area contributed by atoms with E-state index in [1.54, 1.807) is 6.07 Å². The second-order valence-corrected chi connectivity index (χ2v) is 4.11. The number of hydrogen-bond acceptors (Lipinski definition) is 0. The van der Waals surface area contributed by atoms with Gasteiger partial charge in [-0.15, -0.1) is 0 Å². The van der Waals surface area contributed by atoms with Crippen LogP contribution in [0, 0.1) is 6.07 Å². The predicted molar refractivity (Wildman–Crippen MR) is 50.1 cm³/mol. The number of rotatable bonds is 2. The topological polar surface area (TPSA) is 0 Å². The molecule has 11 heteroatoms. The van der Waals surface area contributed by atoms with E-state index >= 15 is 0 Å². The Labute approximate surface area is 115 Å².